The molecule has 1 aliphatic rings. The van der Waals surface area contributed by atoms with E-state index in [1.165, 1.54) is 17.8 Å². The molecule has 0 amide bonds. The van der Waals surface area contributed by atoms with Gasteiger partial charge in [-0.25, -0.2) is 4.98 Å². The first-order valence-corrected chi connectivity index (χ1v) is 8.36. The molecule has 5 nitrogen and oxygen atoms in total. The van der Waals surface area contributed by atoms with Crippen molar-refractivity contribution < 1.29 is 0 Å². The molecule has 1 atom stereocenters. The van der Waals surface area contributed by atoms with Crippen molar-refractivity contribution in [1.29, 1.82) is 0 Å². The fourth-order valence-electron chi connectivity index (χ4n) is 2.93. The molecule has 3 heterocycles. The molecule has 0 spiro atoms. The van der Waals surface area contributed by atoms with Gasteiger partial charge < -0.3 is 16.0 Å². The maximum absolute atomic E-state index is 5.82. The average Bonchev–Trinajstić information content (AvgIpc) is 3.01. The van der Waals surface area contributed by atoms with Crippen LogP contribution in [0.3, 0.4) is 0 Å². The van der Waals surface area contributed by atoms with Crippen molar-refractivity contribution in [3.8, 4) is 0 Å². The monoisotopic (exact) mass is 305 g/mol. The van der Waals surface area contributed by atoms with Gasteiger partial charge in [0.25, 0.3) is 0 Å². The number of aryl methyl sites for hydroxylation is 1. The molecule has 2 aromatic rings. The predicted octanol–water partition coefficient (Wildman–Crippen LogP) is 2.72. The summed E-state index contributed by atoms with van der Waals surface area (Å²) >= 11 is 1.66. The van der Waals surface area contributed by atoms with Crippen molar-refractivity contribution >= 4 is 33.3 Å². The largest absolute Gasteiger partial charge is 0.369 e. The number of thiophene rings is 1. The summed E-state index contributed by atoms with van der Waals surface area (Å²) in [5.41, 5.74) is 5.82. The fourth-order valence-corrected chi connectivity index (χ4v) is 3.82. The number of aromatic nitrogens is 2. The van der Waals surface area contributed by atoms with Crippen LogP contribution < -0.4 is 11.1 Å². The van der Waals surface area contributed by atoms with Gasteiger partial charge in [-0.2, -0.15) is 4.98 Å². The van der Waals surface area contributed by atoms with E-state index >= 15 is 0 Å². The fraction of sp³-hybridized carbons (Fsp3) is 0.600. The Morgan fingerprint density at radius 3 is 3.00 bits per heavy atom. The minimum atomic E-state index is 0.349. The summed E-state index contributed by atoms with van der Waals surface area (Å²) in [6.45, 7) is 9.92. The third kappa shape index (κ3) is 3.11. The number of hydrogen-bond acceptors (Lipinski definition) is 6. The van der Waals surface area contributed by atoms with Crippen LogP contribution in [0.25, 0.3) is 10.2 Å². The lowest BCUT2D eigenvalue weighted by Crippen LogP contribution is -2.29. The molecule has 0 radical (unpaired) electrons. The average molecular weight is 305 g/mol. The summed E-state index contributed by atoms with van der Waals surface area (Å²) in [5.74, 6) is 1.91. The second kappa shape index (κ2) is 5.77. The summed E-state index contributed by atoms with van der Waals surface area (Å²) in [4.78, 5) is 13.4. The second-order valence-corrected chi connectivity index (χ2v) is 7.37. The molecule has 1 saturated heterocycles. The molecule has 6 heteroatoms. The number of nitrogens with zero attached hydrogens (tertiary/aromatic N) is 3. The van der Waals surface area contributed by atoms with E-state index in [1.807, 2.05) is 0 Å². The number of rotatable bonds is 4. The zero-order valence-electron chi connectivity index (χ0n) is 12.9. The van der Waals surface area contributed by atoms with Crippen molar-refractivity contribution in [3.05, 3.63) is 10.9 Å². The molecular formula is C15H23N5S. The zero-order chi connectivity index (χ0) is 15.0. The molecule has 0 aliphatic carbocycles. The first-order valence-electron chi connectivity index (χ1n) is 7.54. The van der Waals surface area contributed by atoms with Crippen molar-refractivity contribution in [2.75, 3.05) is 30.7 Å². The van der Waals surface area contributed by atoms with Crippen molar-refractivity contribution in [1.82, 2.24) is 14.9 Å². The smallest absolute Gasteiger partial charge is 0.223 e. The van der Waals surface area contributed by atoms with Crippen LogP contribution in [0.5, 0.6) is 0 Å². The molecule has 0 bridgehead atoms. The van der Waals surface area contributed by atoms with Gasteiger partial charge >= 0.3 is 0 Å². The van der Waals surface area contributed by atoms with Gasteiger partial charge in [0.2, 0.25) is 5.95 Å². The Hall–Kier alpha value is -1.40. The maximum atomic E-state index is 5.82. The van der Waals surface area contributed by atoms with Gasteiger partial charge in [-0.3, -0.25) is 0 Å². The SMILES string of the molecule is Cc1cc2c(NCC3CCN(C(C)C)C3)nc(N)nc2s1. The highest BCUT2D eigenvalue weighted by atomic mass is 32.1. The minimum Gasteiger partial charge on any atom is -0.369 e. The summed E-state index contributed by atoms with van der Waals surface area (Å²) in [7, 11) is 0. The third-order valence-electron chi connectivity index (χ3n) is 4.14. The Morgan fingerprint density at radius 2 is 2.29 bits per heavy atom. The van der Waals surface area contributed by atoms with E-state index in [2.05, 4.69) is 47.0 Å². The van der Waals surface area contributed by atoms with Crippen LogP contribution in [0.4, 0.5) is 11.8 Å². The van der Waals surface area contributed by atoms with Crippen LogP contribution in [-0.2, 0) is 0 Å². The molecular weight excluding hydrogens is 282 g/mol. The lowest BCUT2D eigenvalue weighted by Gasteiger charge is -2.20. The third-order valence-corrected chi connectivity index (χ3v) is 5.08. The normalized spacial score (nSPS) is 19.7. The van der Waals surface area contributed by atoms with Gasteiger partial charge in [0, 0.05) is 24.0 Å². The summed E-state index contributed by atoms with van der Waals surface area (Å²) in [6, 6.07) is 2.77. The summed E-state index contributed by atoms with van der Waals surface area (Å²) in [5, 5.41) is 4.58. The van der Waals surface area contributed by atoms with E-state index in [0.29, 0.717) is 17.9 Å². The van der Waals surface area contributed by atoms with Crippen molar-refractivity contribution in [3.63, 3.8) is 0 Å². The van der Waals surface area contributed by atoms with Gasteiger partial charge in [0.1, 0.15) is 10.6 Å². The Morgan fingerprint density at radius 1 is 1.48 bits per heavy atom. The molecule has 3 rings (SSSR count). The first kappa shape index (κ1) is 14.5. The molecule has 1 unspecified atom stereocenters. The predicted molar refractivity (Wildman–Crippen MR) is 89.9 cm³/mol. The molecule has 0 saturated carbocycles. The van der Waals surface area contributed by atoms with Crippen LogP contribution in [0.2, 0.25) is 0 Å². The van der Waals surface area contributed by atoms with Gasteiger partial charge in [0.15, 0.2) is 0 Å². The lowest BCUT2D eigenvalue weighted by atomic mass is 10.1. The van der Waals surface area contributed by atoms with Gasteiger partial charge in [-0.15, -0.1) is 11.3 Å². The summed E-state index contributed by atoms with van der Waals surface area (Å²) in [6.07, 6.45) is 1.25. The maximum Gasteiger partial charge on any atom is 0.223 e. The quantitative estimate of drug-likeness (QED) is 0.909. The lowest BCUT2D eigenvalue weighted by molar-refractivity contribution is 0.266. The Labute approximate surface area is 129 Å². The number of fused-ring (bicyclic) bond motifs is 1. The molecule has 2 aromatic heterocycles. The number of anilines is 2. The standard InChI is InChI=1S/C15H23N5S/c1-9(2)20-5-4-11(8-20)7-17-13-12-6-10(3)21-14(12)19-15(16)18-13/h6,9,11H,4-5,7-8H2,1-3H3,(H3,16,17,18,19). The highest BCUT2D eigenvalue weighted by Gasteiger charge is 2.24. The molecule has 21 heavy (non-hydrogen) atoms. The number of nitrogens with two attached hydrogens (primary N) is 1. The molecule has 1 aliphatic heterocycles. The number of hydrogen-bond donors (Lipinski definition) is 2. The molecule has 1 fully saturated rings. The Kier molecular flexibility index (Phi) is 3.99. The minimum absolute atomic E-state index is 0.349. The number of nitrogen functional groups attached to an aromatic ring is 1. The van der Waals surface area contributed by atoms with Gasteiger partial charge in [-0.1, -0.05) is 0 Å². The van der Waals surface area contributed by atoms with Gasteiger partial charge in [0.05, 0.1) is 5.39 Å². The number of likely N-dealkylation sites (tertiary alicyclic amines) is 1. The van der Waals surface area contributed by atoms with E-state index in [-0.39, 0.29) is 0 Å². The Balaban J connectivity index is 1.71. The van der Waals surface area contributed by atoms with E-state index in [1.54, 1.807) is 11.3 Å². The highest BCUT2D eigenvalue weighted by molar-refractivity contribution is 7.18. The van der Waals surface area contributed by atoms with Crippen LogP contribution >= 0.6 is 11.3 Å². The van der Waals surface area contributed by atoms with Crippen LogP contribution in [-0.4, -0.2) is 40.5 Å². The van der Waals surface area contributed by atoms with E-state index in [0.717, 1.165) is 29.1 Å². The van der Waals surface area contributed by atoms with Crippen molar-refractivity contribution in [2.24, 2.45) is 5.92 Å². The molecule has 3 N–H and O–H groups in total. The zero-order valence-corrected chi connectivity index (χ0v) is 13.7. The van der Waals surface area contributed by atoms with Gasteiger partial charge in [-0.05, 0) is 45.7 Å². The van der Waals surface area contributed by atoms with E-state index < -0.39 is 0 Å². The molecule has 114 valence electrons. The summed E-state index contributed by atoms with van der Waals surface area (Å²) < 4.78 is 0. The van der Waals surface area contributed by atoms with E-state index in [9.17, 15) is 0 Å². The van der Waals surface area contributed by atoms with Crippen LogP contribution in [0.1, 0.15) is 25.1 Å². The van der Waals surface area contributed by atoms with Crippen LogP contribution in [0, 0.1) is 12.8 Å². The van der Waals surface area contributed by atoms with Crippen LogP contribution in [0.15, 0.2) is 6.07 Å². The number of nitrogens with one attached hydrogen (secondary N) is 1. The molecule has 0 aromatic carbocycles. The first-order chi connectivity index (χ1) is 10.0. The topological polar surface area (TPSA) is 67.1 Å². The highest BCUT2D eigenvalue weighted by Crippen LogP contribution is 2.29. The van der Waals surface area contributed by atoms with Crippen molar-refractivity contribution in [2.45, 2.75) is 33.2 Å². The Bertz CT molecular complexity index is 636. The second-order valence-electron chi connectivity index (χ2n) is 6.13. The van der Waals surface area contributed by atoms with E-state index in [4.69, 9.17) is 5.73 Å².